The first-order valence-corrected chi connectivity index (χ1v) is 3.12. The summed E-state index contributed by atoms with van der Waals surface area (Å²) in [5, 5.41) is 17.3. The minimum atomic E-state index is -2.01. The molecule has 0 aliphatic carbocycles. The number of nitrogens with zero attached hydrogens (tertiary/aromatic N) is 1. The molecule has 0 fully saturated rings. The maximum atomic E-state index is 12.7. The lowest BCUT2D eigenvalue weighted by Gasteiger charge is -2.02. The topological polar surface area (TPSA) is 70.4 Å². The van der Waals surface area contributed by atoms with Gasteiger partial charge >= 0.3 is 7.12 Å². The highest BCUT2D eigenvalue weighted by molar-refractivity contribution is 6.60. The molecule has 1 aromatic heterocycles. The van der Waals surface area contributed by atoms with Gasteiger partial charge in [-0.15, -0.1) is 0 Å². The molecule has 0 bridgehead atoms. The highest BCUT2D eigenvalue weighted by Crippen LogP contribution is 1.95. The standard InChI is InChI=1S/C6H5BFNO3/c8-6-5(7(11)12)4(3-10)1-2-9-6/h1-3,11-12H. The Morgan fingerprint density at radius 3 is 2.67 bits per heavy atom. The van der Waals surface area contributed by atoms with Crippen LogP contribution in [0.2, 0.25) is 0 Å². The van der Waals surface area contributed by atoms with Crippen molar-refractivity contribution in [3.05, 3.63) is 23.8 Å². The quantitative estimate of drug-likeness (QED) is 0.328. The van der Waals surface area contributed by atoms with Gasteiger partial charge < -0.3 is 10.0 Å². The lowest BCUT2D eigenvalue weighted by Crippen LogP contribution is -2.36. The van der Waals surface area contributed by atoms with Crippen LogP contribution in [0.4, 0.5) is 4.39 Å². The smallest absolute Gasteiger partial charge is 0.423 e. The molecule has 0 saturated carbocycles. The van der Waals surface area contributed by atoms with Gasteiger partial charge in [-0.25, -0.2) is 4.98 Å². The number of hydrogen-bond acceptors (Lipinski definition) is 4. The van der Waals surface area contributed by atoms with E-state index in [4.69, 9.17) is 10.0 Å². The van der Waals surface area contributed by atoms with Gasteiger partial charge in [0.25, 0.3) is 0 Å². The van der Waals surface area contributed by atoms with Gasteiger partial charge in [0.2, 0.25) is 5.95 Å². The normalized spacial score (nSPS) is 9.58. The van der Waals surface area contributed by atoms with Gasteiger partial charge in [-0.05, 0) is 6.07 Å². The van der Waals surface area contributed by atoms with Crippen molar-refractivity contribution >= 4 is 18.9 Å². The highest BCUT2D eigenvalue weighted by atomic mass is 19.1. The number of aromatic nitrogens is 1. The molecule has 4 nitrogen and oxygen atoms in total. The zero-order valence-corrected chi connectivity index (χ0v) is 5.94. The van der Waals surface area contributed by atoms with Crippen molar-refractivity contribution in [3.8, 4) is 0 Å². The van der Waals surface area contributed by atoms with E-state index in [1.54, 1.807) is 0 Å². The SMILES string of the molecule is O=Cc1ccnc(F)c1B(O)O. The van der Waals surface area contributed by atoms with Crippen LogP contribution in [0.1, 0.15) is 10.4 Å². The minimum absolute atomic E-state index is 0.113. The highest BCUT2D eigenvalue weighted by Gasteiger charge is 2.21. The van der Waals surface area contributed by atoms with Crippen molar-refractivity contribution in [2.75, 3.05) is 0 Å². The first kappa shape index (κ1) is 8.83. The molecule has 62 valence electrons. The van der Waals surface area contributed by atoms with Crippen molar-refractivity contribution in [1.29, 1.82) is 0 Å². The van der Waals surface area contributed by atoms with Gasteiger partial charge in [-0.2, -0.15) is 4.39 Å². The summed E-state index contributed by atoms with van der Waals surface area (Å²) < 4.78 is 12.7. The third-order valence-corrected chi connectivity index (χ3v) is 1.36. The van der Waals surface area contributed by atoms with Crippen LogP contribution in [0.25, 0.3) is 0 Å². The molecule has 2 N–H and O–H groups in total. The molecule has 0 aliphatic heterocycles. The second-order valence-electron chi connectivity index (χ2n) is 2.10. The van der Waals surface area contributed by atoms with E-state index < -0.39 is 18.5 Å². The van der Waals surface area contributed by atoms with Crippen molar-refractivity contribution in [2.45, 2.75) is 0 Å². The summed E-state index contributed by atoms with van der Waals surface area (Å²) in [5.41, 5.74) is -0.606. The largest absolute Gasteiger partial charge is 0.493 e. The summed E-state index contributed by atoms with van der Waals surface area (Å²) in [6.07, 6.45) is 1.41. The number of carbonyl (C=O) groups is 1. The first-order valence-electron chi connectivity index (χ1n) is 3.12. The Kier molecular flexibility index (Phi) is 2.52. The van der Waals surface area contributed by atoms with E-state index in [0.717, 1.165) is 6.20 Å². The lowest BCUT2D eigenvalue weighted by atomic mass is 9.78. The van der Waals surface area contributed by atoms with Crippen LogP contribution in [0.3, 0.4) is 0 Å². The van der Waals surface area contributed by atoms with Crippen molar-refractivity contribution < 1.29 is 19.2 Å². The van der Waals surface area contributed by atoms with Gasteiger partial charge in [0, 0.05) is 17.2 Å². The van der Waals surface area contributed by atoms with E-state index in [1.165, 1.54) is 6.07 Å². The van der Waals surface area contributed by atoms with E-state index in [1.807, 2.05) is 0 Å². The van der Waals surface area contributed by atoms with Gasteiger partial charge in [0.15, 0.2) is 0 Å². The number of rotatable bonds is 2. The summed E-state index contributed by atoms with van der Waals surface area (Å²) in [7, 11) is -2.01. The molecule has 1 aromatic rings. The maximum Gasteiger partial charge on any atom is 0.493 e. The number of hydrogen-bond donors (Lipinski definition) is 2. The van der Waals surface area contributed by atoms with Gasteiger partial charge in [-0.1, -0.05) is 0 Å². The Hall–Kier alpha value is -1.27. The zero-order chi connectivity index (χ0) is 9.14. The van der Waals surface area contributed by atoms with Crippen LogP contribution < -0.4 is 5.46 Å². The average molecular weight is 169 g/mol. The summed E-state index contributed by atoms with van der Waals surface area (Å²) in [4.78, 5) is 13.4. The van der Waals surface area contributed by atoms with E-state index in [2.05, 4.69) is 4.98 Å². The second kappa shape index (κ2) is 3.42. The summed E-state index contributed by atoms with van der Waals surface area (Å²) in [5.74, 6) is -1.05. The predicted octanol–water partition coefficient (Wildman–Crippen LogP) is -1.29. The molecular formula is C6H5BFNO3. The summed E-state index contributed by atoms with van der Waals surface area (Å²) >= 11 is 0. The van der Waals surface area contributed by atoms with Crippen molar-refractivity contribution in [3.63, 3.8) is 0 Å². The molecule has 12 heavy (non-hydrogen) atoms. The third kappa shape index (κ3) is 1.49. The number of halogens is 1. The Morgan fingerprint density at radius 1 is 1.58 bits per heavy atom. The van der Waals surface area contributed by atoms with Crippen LogP contribution in [0.15, 0.2) is 12.3 Å². The van der Waals surface area contributed by atoms with E-state index in [0.29, 0.717) is 6.29 Å². The van der Waals surface area contributed by atoms with Crippen molar-refractivity contribution in [1.82, 2.24) is 4.98 Å². The minimum Gasteiger partial charge on any atom is -0.423 e. The van der Waals surface area contributed by atoms with Crippen LogP contribution >= 0.6 is 0 Å². The zero-order valence-electron chi connectivity index (χ0n) is 5.94. The molecule has 1 heterocycles. The molecule has 0 atom stereocenters. The Balaban J connectivity index is 3.29. The van der Waals surface area contributed by atoms with Crippen molar-refractivity contribution in [2.24, 2.45) is 0 Å². The molecule has 6 heteroatoms. The third-order valence-electron chi connectivity index (χ3n) is 1.36. The van der Waals surface area contributed by atoms with E-state index >= 15 is 0 Å². The Morgan fingerprint density at radius 2 is 2.25 bits per heavy atom. The second-order valence-corrected chi connectivity index (χ2v) is 2.10. The van der Waals surface area contributed by atoms with Crippen LogP contribution in [0, 0.1) is 5.95 Å². The van der Waals surface area contributed by atoms with Gasteiger partial charge in [0.1, 0.15) is 6.29 Å². The van der Waals surface area contributed by atoms with Crippen LogP contribution in [-0.4, -0.2) is 28.4 Å². The molecule has 0 aliphatic rings. The fraction of sp³-hybridized carbons (Fsp3) is 0. The summed E-state index contributed by atoms with van der Waals surface area (Å²) in [6, 6.07) is 1.20. The molecular weight excluding hydrogens is 164 g/mol. The molecule has 0 aromatic carbocycles. The molecule has 0 radical (unpaired) electrons. The Labute approximate surface area is 67.8 Å². The Bertz CT molecular complexity index is 305. The van der Waals surface area contributed by atoms with E-state index in [9.17, 15) is 9.18 Å². The molecule has 0 spiro atoms. The predicted molar refractivity (Wildman–Crippen MR) is 39.4 cm³/mol. The van der Waals surface area contributed by atoms with Gasteiger partial charge in [-0.3, -0.25) is 4.79 Å². The maximum absolute atomic E-state index is 12.7. The monoisotopic (exact) mass is 169 g/mol. The molecule has 0 saturated heterocycles. The van der Waals surface area contributed by atoms with Crippen LogP contribution in [-0.2, 0) is 0 Å². The van der Waals surface area contributed by atoms with Crippen LogP contribution in [0.5, 0.6) is 0 Å². The number of aldehydes is 1. The first-order chi connectivity index (χ1) is 5.66. The molecule has 0 amide bonds. The summed E-state index contributed by atoms with van der Waals surface area (Å²) in [6.45, 7) is 0. The van der Waals surface area contributed by atoms with E-state index in [-0.39, 0.29) is 5.56 Å². The molecule has 1 rings (SSSR count). The number of pyridine rings is 1. The van der Waals surface area contributed by atoms with Gasteiger partial charge in [0.05, 0.1) is 0 Å². The number of carbonyl (C=O) groups excluding carboxylic acids is 1. The fourth-order valence-corrected chi connectivity index (χ4v) is 0.820. The lowest BCUT2D eigenvalue weighted by molar-refractivity contribution is 0.112. The fourth-order valence-electron chi connectivity index (χ4n) is 0.820. The molecule has 0 unspecified atom stereocenters. The average Bonchev–Trinajstić information content (AvgIpc) is 2.03.